The topological polar surface area (TPSA) is 71.2 Å². The Morgan fingerprint density at radius 2 is 1.92 bits per heavy atom. The van der Waals surface area contributed by atoms with Crippen LogP contribution < -0.4 is 5.32 Å². The zero-order valence-corrected chi connectivity index (χ0v) is 15.1. The number of hydrogen-bond acceptors (Lipinski definition) is 3. The molecule has 2 aromatic rings. The summed E-state index contributed by atoms with van der Waals surface area (Å²) in [4.78, 5) is 26.0. The van der Waals surface area contributed by atoms with E-state index in [1.165, 1.54) is 12.3 Å². The van der Waals surface area contributed by atoms with E-state index in [4.69, 9.17) is 39.5 Å². The van der Waals surface area contributed by atoms with E-state index < -0.39 is 15.7 Å². The maximum Gasteiger partial charge on any atom is 0.408 e. The third-order valence-electron chi connectivity index (χ3n) is 2.95. The Hall–Kier alpha value is -2.13. The fraction of sp³-hybridized carbons (Fsp3) is 0.176. The lowest BCUT2D eigenvalue weighted by Gasteiger charge is -2.06. The average Bonchev–Trinajstić information content (AvgIpc) is 3.05. The molecule has 0 saturated carbocycles. The number of H-pyrrole nitrogens is 1. The maximum absolute atomic E-state index is 11.7. The number of halogens is 3. The lowest BCUT2D eigenvalue weighted by atomic mass is 10.2. The van der Waals surface area contributed by atoms with E-state index in [2.05, 4.69) is 22.1 Å². The molecule has 1 aromatic carbocycles. The summed E-state index contributed by atoms with van der Waals surface area (Å²) in [6.45, 7) is 0.271. The number of carbonyl (C=O) groups excluding carboxylic acids is 2. The highest BCUT2D eigenvalue weighted by atomic mass is 35.6. The number of alkyl carbamates (subject to hydrolysis) is 1. The van der Waals surface area contributed by atoms with Crippen molar-refractivity contribution in [1.82, 2.24) is 10.3 Å². The molecule has 0 radical (unpaired) electrons. The molecule has 25 heavy (non-hydrogen) atoms. The van der Waals surface area contributed by atoms with Gasteiger partial charge >= 0.3 is 6.09 Å². The van der Waals surface area contributed by atoms with Crippen molar-refractivity contribution in [2.45, 2.75) is 10.4 Å². The van der Waals surface area contributed by atoms with Crippen LogP contribution in [0.5, 0.6) is 0 Å². The van der Waals surface area contributed by atoms with Crippen LogP contribution in [-0.4, -0.2) is 27.2 Å². The normalized spacial score (nSPS) is 10.5. The van der Waals surface area contributed by atoms with Crippen LogP contribution in [0, 0.1) is 11.8 Å². The molecule has 1 heterocycles. The molecule has 0 unspecified atom stereocenters. The SMILES string of the molecule is O=C(NCC#Cc1c[nH]c(C(=O)C(Cl)(Cl)Cl)c1)OCc1ccccc1. The van der Waals surface area contributed by atoms with Crippen LogP contribution in [0.15, 0.2) is 42.6 Å². The smallest absolute Gasteiger partial charge is 0.408 e. The largest absolute Gasteiger partial charge is 0.445 e. The van der Waals surface area contributed by atoms with Crippen molar-refractivity contribution in [3.05, 3.63) is 59.4 Å². The predicted molar refractivity (Wildman–Crippen MR) is 96.9 cm³/mol. The monoisotopic (exact) mass is 398 g/mol. The zero-order chi connectivity index (χ0) is 18.3. The number of carbonyl (C=O) groups is 2. The summed E-state index contributed by atoms with van der Waals surface area (Å²) in [6, 6.07) is 10.8. The van der Waals surface area contributed by atoms with Crippen LogP contribution in [0.1, 0.15) is 21.6 Å². The Morgan fingerprint density at radius 1 is 1.20 bits per heavy atom. The minimum atomic E-state index is -2.03. The number of amides is 1. The van der Waals surface area contributed by atoms with Crippen LogP contribution in [0.2, 0.25) is 0 Å². The molecule has 0 aliphatic rings. The number of ketones is 1. The minimum absolute atomic E-state index is 0.0898. The van der Waals surface area contributed by atoms with Gasteiger partial charge in [0.1, 0.15) is 6.61 Å². The Balaban J connectivity index is 1.78. The van der Waals surface area contributed by atoms with Gasteiger partial charge in [-0.2, -0.15) is 0 Å². The molecule has 130 valence electrons. The van der Waals surface area contributed by atoms with E-state index in [-0.39, 0.29) is 18.8 Å². The van der Waals surface area contributed by atoms with Gasteiger partial charge in [-0.05, 0) is 11.6 Å². The van der Waals surface area contributed by atoms with Gasteiger partial charge in [-0.25, -0.2) is 4.79 Å². The van der Waals surface area contributed by atoms with E-state index >= 15 is 0 Å². The summed E-state index contributed by atoms with van der Waals surface area (Å²) in [5, 5.41) is 2.50. The zero-order valence-electron chi connectivity index (χ0n) is 12.8. The number of benzene rings is 1. The summed E-state index contributed by atoms with van der Waals surface area (Å²) in [6.07, 6.45) is 0.934. The summed E-state index contributed by atoms with van der Waals surface area (Å²) in [5.41, 5.74) is 1.55. The van der Waals surface area contributed by atoms with Crippen molar-refractivity contribution in [2.24, 2.45) is 0 Å². The van der Waals surface area contributed by atoms with Gasteiger partial charge in [0.2, 0.25) is 5.78 Å². The number of aromatic amines is 1. The highest BCUT2D eigenvalue weighted by molar-refractivity contribution is 6.77. The molecule has 0 aliphatic carbocycles. The van der Waals surface area contributed by atoms with E-state index in [1.54, 1.807) is 0 Å². The van der Waals surface area contributed by atoms with Crippen LogP contribution in [0.3, 0.4) is 0 Å². The molecule has 5 nitrogen and oxygen atoms in total. The van der Waals surface area contributed by atoms with Gasteiger partial charge in [0.25, 0.3) is 3.79 Å². The quantitative estimate of drug-likeness (QED) is 0.466. The first kappa shape index (κ1) is 19.2. The van der Waals surface area contributed by atoms with Crippen molar-refractivity contribution < 1.29 is 14.3 Å². The van der Waals surface area contributed by atoms with Gasteiger partial charge in [0.15, 0.2) is 0 Å². The standard InChI is InChI=1S/C17H13Cl3N2O3/c18-17(19,20)15(23)14-9-13(10-22-14)7-4-8-21-16(24)25-11-12-5-2-1-3-6-12/h1-3,5-6,9-10,22H,8,11H2,(H,21,24). The molecule has 8 heteroatoms. The summed E-state index contributed by atoms with van der Waals surface area (Å²) in [5.74, 6) is 4.82. The second-order valence-corrected chi connectivity index (χ2v) is 7.13. The molecule has 0 spiro atoms. The second kappa shape index (κ2) is 8.82. The van der Waals surface area contributed by atoms with Gasteiger partial charge in [-0.1, -0.05) is 77.0 Å². The molecule has 2 rings (SSSR count). The number of alkyl halides is 3. The Morgan fingerprint density at radius 3 is 2.60 bits per heavy atom. The first-order valence-electron chi connectivity index (χ1n) is 7.09. The highest BCUT2D eigenvalue weighted by Crippen LogP contribution is 2.30. The van der Waals surface area contributed by atoms with Crippen molar-refractivity contribution in [3.63, 3.8) is 0 Å². The molecular weight excluding hydrogens is 387 g/mol. The fourth-order valence-electron chi connectivity index (χ4n) is 1.79. The van der Waals surface area contributed by atoms with Gasteiger partial charge in [0, 0.05) is 11.8 Å². The van der Waals surface area contributed by atoms with Crippen molar-refractivity contribution in [2.75, 3.05) is 6.54 Å². The van der Waals surface area contributed by atoms with E-state index in [9.17, 15) is 9.59 Å². The summed E-state index contributed by atoms with van der Waals surface area (Å²) < 4.78 is 3.01. The predicted octanol–water partition coefficient (Wildman–Crippen LogP) is 3.85. The molecule has 0 bridgehead atoms. The molecular formula is C17H13Cl3N2O3. The van der Waals surface area contributed by atoms with Crippen LogP contribution in [-0.2, 0) is 11.3 Å². The lowest BCUT2D eigenvalue weighted by Crippen LogP contribution is -2.24. The second-order valence-electron chi connectivity index (χ2n) is 4.85. The first-order valence-corrected chi connectivity index (χ1v) is 8.23. The molecule has 2 N–H and O–H groups in total. The maximum atomic E-state index is 11.7. The first-order chi connectivity index (χ1) is 11.9. The van der Waals surface area contributed by atoms with Crippen LogP contribution in [0.4, 0.5) is 4.79 Å². The van der Waals surface area contributed by atoms with Gasteiger partial charge < -0.3 is 15.0 Å². The van der Waals surface area contributed by atoms with Gasteiger partial charge in [-0.15, -0.1) is 0 Å². The lowest BCUT2D eigenvalue weighted by molar-refractivity contribution is 0.0992. The summed E-state index contributed by atoms with van der Waals surface area (Å²) >= 11 is 16.6. The molecule has 0 saturated heterocycles. The third kappa shape index (κ3) is 6.35. The van der Waals surface area contributed by atoms with Gasteiger partial charge in [-0.3, -0.25) is 4.79 Å². The fourth-order valence-corrected chi connectivity index (χ4v) is 2.09. The van der Waals surface area contributed by atoms with E-state index in [1.807, 2.05) is 30.3 Å². The number of hydrogen-bond donors (Lipinski definition) is 2. The third-order valence-corrected chi connectivity index (χ3v) is 3.47. The molecule has 0 fully saturated rings. The number of rotatable bonds is 4. The minimum Gasteiger partial charge on any atom is -0.445 e. The average molecular weight is 400 g/mol. The highest BCUT2D eigenvalue weighted by Gasteiger charge is 2.32. The van der Waals surface area contributed by atoms with Crippen LogP contribution in [0.25, 0.3) is 0 Å². The molecule has 0 aliphatic heterocycles. The number of nitrogens with one attached hydrogen (secondary N) is 2. The number of aromatic nitrogens is 1. The number of ether oxygens (including phenoxy) is 1. The van der Waals surface area contributed by atoms with Crippen molar-refractivity contribution in [1.29, 1.82) is 0 Å². The molecule has 1 aromatic heterocycles. The summed E-state index contributed by atoms with van der Waals surface area (Å²) in [7, 11) is 0. The molecule has 1 amide bonds. The Kier molecular flexibility index (Phi) is 6.77. The Labute approximate surface area is 159 Å². The van der Waals surface area contributed by atoms with E-state index in [0.717, 1.165) is 5.56 Å². The van der Waals surface area contributed by atoms with E-state index in [0.29, 0.717) is 5.56 Å². The number of Topliss-reactive ketones (excluding diaryl/α,β-unsaturated/α-hetero) is 1. The Bertz CT molecular complexity index is 802. The van der Waals surface area contributed by atoms with Crippen molar-refractivity contribution >= 4 is 46.7 Å². The van der Waals surface area contributed by atoms with Crippen molar-refractivity contribution in [3.8, 4) is 11.8 Å². The van der Waals surface area contributed by atoms with Crippen LogP contribution >= 0.6 is 34.8 Å². The van der Waals surface area contributed by atoms with Gasteiger partial charge in [0.05, 0.1) is 12.2 Å². The molecule has 0 atom stereocenters.